The first-order valence-electron chi connectivity index (χ1n) is 8.91. The highest BCUT2D eigenvalue weighted by Crippen LogP contribution is 2.30. The van der Waals surface area contributed by atoms with E-state index in [1.54, 1.807) is 6.07 Å². The zero-order valence-corrected chi connectivity index (χ0v) is 15.5. The second-order valence-corrected chi connectivity index (χ2v) is 6.75. The van der Waals surface area contributed by atoms with E-state index >= 15 is 0 Å². The van der Waals surface area contributed by atoms with Crippen LogP contribution in [0.3, 0.4) is 0 Å². The molecule has 0 radical (unpaired) electrons. The predicted octanol–water partition coefficient (Wildman–Crippen LogP) is 3.06. The Morgan fingerprint density at radius 3 is 2.54 bits per heavy atom. The van der Waals surface area contributed by atoms with Gasteiger partial charge < -0.3 is 20.3 Å². The van der Waals surface area contributed by atoms with Crippen molar-refractivity contribution in [3.63, 3.8) is 0 Å². The second kappa shape index (κ2) is 9.35. The van der Waals surface area contributed by atoms with Crippen LogP contribution in [0.2, 0.25) is 5.02 Å². The predicted molar refractivity (Wildman–Crippen MR) is 103 cm³/mol. The molecule has 1 atom stereocenters. The zero-order chi connectivity index (χ0) is 18.4. The summed E-state index contributed by atoms with van der Waals surface area (Å²) in [6.07, 6.45) is 0.193. The Bertz CT molecular complexity index is 703. The fraction of sp³-hybridized carbons (Fsp3) is 0.400. The van der Waals surface area contributed by atoms with E-state index in [0.29, 0.717) is 31.4 Å². The van der Waals surface area contributed by atoms with Crippen molar-refractivity contribution in [3.05, 3.63) is 53.1 Å². The van der Waals surface area contributed by atoms with Gasteiger partial charge in [0.15, 0.2) is 0 Å². The molecule has 2 aromatic carbocycles. The quantitative estimate of drug-likeness (QED) is 0.727. The van der Waals surface area contributed by atoms with Crippen LogP contribution in [0.5, 0.6) is 5.75 Å². The molecule has 3 rings (SSSR count). The van der Waals surface area contributed by atoms with Crippen molar-refractivity contribution in [3.8, 4) is 16.9 Å². The van der Waals surface area contributed by atoms with Crippen molar-refractivity contribution in [2.45, 2.75) is 12.6 Å². The normalized spacial score (nSPS) is 16.4. The van der Waals surface area contributed by atoms with Gasteiger partial charge in [-0.1, -0.05) is 35.9 Å². The number of aliphatic hydroxyl groups is 1. The average Bonchev–Trinajstić information content (AvgIpc) is 2.68. The van der Waals surface area contributed by atoms with Crippen LogP contribution in [0, 0.1) is 0 Å². The number of nitrogens with zero attached hydrogens (tertiary/aromatic N) is 1. The number of halogens is 1. The highest BCUT2D eigenvalue weighted by molar-refractivity contribution is 6.31. The van der Waals surface area contributed by atoms with Crippen LogP contribution in [0.4, 0.5) is 0 Å². The molecule has 0 saturated carbocycles. The monoisotopic (exact) mass is 376 g/mol. The van der Waals surface area contributed by atoms with E-state index < -0.39 is 6.23 Å². The Labute approximate surface area is 159 Å². The van der Waals surface area contributed by atoms with Crippen molar-refractivity contribution in [2.24, 2.45) is 5.73 Å². The average molecular weight is 377 g/mol. The van der Waals surface area contributed by atoms with Crippen LogP contribution in [0.1, 0.15) is 18.2 Å². The van der Waals surface area contributed by atoms with Crippen molar-refractivity contribution >= 4 is 11.6 Å². The molecule has 26 heavy (non-hydrogen) atoms. The molecule has 2 aromatic rings. The summed E-state index contributed by atoms with van der Waals surface area (Å²) in [6.45, 7) is 3.96. The number of nitrogens with two attached hydrogens (primary N) is 1. The maximum absolute atomic E-state index is 10.5. The Hall–Kier alpha value is -1.63. The minimum absolute atomic E-state index is 0.570. The van der Waals surface area contributed by atoms with E-state index in [1.807, 2.05) is 41.3 Å². The third-order valence-corrected chi connectivity index (χ3v) is 4.64. The summed E-state index contributed by atoms with van der Waals surface area (Å²) in [5.74, 6) is 0.735. The van der Waals surface area contributed by atoms with Crippen LogP contribution in [0.15, 0.2) is 42.5 Å². The minimum Gasteiger partial charge on any atom is -0.493 e. The molecule has 1 heterocycles. The van der Waals surface area contributed by atoms with Crippen LogP contribution < -0.4 is 10.5 Å². The molecule has 0 bridgehead atoms. The molecule has 5 nitrogen and oxygen atoms in total. The number of morpholine rings is 1. The van der Waals surface area contributed by atoms with E-state index in [0.717, 1.165) is 42.0 Å². The van der Waals surface area contributed by atoms with Gasteiger partial charge in [-0.3, -0.25) is 4.90 Å². The highest BCUT2D eigenvalue weighted by Gasteiger charge is 2.20. The lowest BCUT2D eigenvalue weighted by Gasteiger charge is -2.31. The molecule has 140 valence electrons. The van der Waals surface area contributed by atoms with Gasteiger partial charge in [-0.25, -0.2) is 0 Å². The zero-order valence-electron chi connectivity index (χ0n) is 14.7. The van der Waals surface area contributed by atoms with Crippen molar-refractivity contribution < 1.29 is 14.6 Å². The van der Waals surface area contributed by atoms with Gasteiger partial charge in [0.2, 0.25) is 0 Å². The van der Waals surface area contributed by atoms with Gasteiger partial charge in [0.05, 0.1) is 19.8 Å². The minimum atomic E-state index is -0.609. The van der Waals surface area contributed by atoms with E-state index in [9.17, 15) is 5.11 Å². The molecule has 1 fully saturated rings. The lowest BCUT2D eigenvalue weighted by molar-refractivity contribution is -0.0603. The largest absolute Gasteiger partial charge is 0.493 e. The third-order valence-electron chi connectivity index (χ3n) is 4.42. The molecule has 0 amide bonds. The van der Waals surface area contributed by atoms with Crippen molar-refractivity contribution in [1.82, 2.24) is 4.90 Å². The lowest BCUT2D eigenvalue weighted by Crippen LogP contribution is -2.38. The van der Waals surface area contributed by atoms with Gasteiger partial charge in [0.25, 0.3) is 0 Å². The lowest BCUT2D eigenvalue weighted by atomic mass is 10.0. The summed E-state index contributed by atoms with van der Waals surface area (Å²) in [7, 11) is 0. The van der Waals surface area contributed by atoms with Crippen molar-refractivity contribution in [1.29, 1.82) is 0 Å². The molecule has 1 aliphatic rings. The SMILES string of the molecule is NCCCOc1cc(Cl)cc(-c2ccc(C(O)N3CCOCC3)cc2)c1. The topological polar surface area (TPSA) is 68.0 Å². The van der Waals surface area contributed by atoms with Crippen LogP contribution in [-0.2, 0) is 4.74 Å². The van der Waals surface area contributed by atoms with Gasteiger partial charge in [-0.15, -0.1) is 0 Å². The van der Waals surface area contributed by atoms with Gasteiger partial charge in [0.1, 0.15) is 12.0 Å². The molecule has 1 aliphatic heterocycles. The summed E-state index contributed by atoms with van der Waals surface area (Å²) in [6, 6.07) is 13.6. The maximum Gasteiger partial charge on any atom is 0.133 e. The Morgan fingerprint density at radius 1 is 1.12 bits per heavy atom. The fourth-order valence-electron chi connectivity index (χ4n) is 2.97. The first-order valence-corrected chi connectivity index (χ1v) is 9.29. The molecule has 0 spiro atoms. The van der Waals surface area contributed by atoms with E-state index in [1.165, 1.54) is 0 Å². The Kier molecular flexibility index (Phi) is 6.88. The van der Waals surface area contributed by atoms with Crippen molar-refractivity contribution in [2.75, 3.05) is 39.5 Å². The maximum atomic E-state index is 10.5. The smallest absolute Gasteiger partial charge is 0.133 e. The number of aliphatic hydroxyl groups excluding tert-OH is 1. The summed E-state index contributed by atoms with van der Waals surface area (Å²) >= 11 is 6.23. The number of hydrogen-bond donors (Lipinski definition) is 2. The third kappa shape index (κ3) is 4.96. The Balaban J connectivity index is 1.73. The number of rotatable bonds is 7. The first kappa shape index (κ1) is 19.1. The molecule has 0 aliphatic carbocycles. The number of hydrogen-bond acceptors (Lipinski definition) is 5. The summed E-state index contributed by atoms with van der Waals surface area (Å²) in [4.78, 5) is 2.02. The molecule has 3 N–H and O–H groups in total. The molecule has 6 heteroatoms. The molecule has 1 unspecified atom stereocenters. The van der Waals surface area contributed by atoms with Crippen LogP contribution in [0.25, 0.3) is 11.1 Å². The standard InChI is InChI=1S/C20H25ClN2O3/c21-18-12-17(13-19(14-18)26-9-1-6-22)15-2-4-16(5-3-15)20(24)23-7-10-25-11-8-23/h2-5,12-14,20,24H,1,6-11,22H2. The molecule has 0 aromatic heterocycles. The number of benzene rings is 2. The van der Waals surface area contributed by atoms with E-state index in [2.05, 4.69) is 0 Å². The number of ether oxygens (including phenoxy) is 2. The van der Waals surface area contributed by atoms with E-state index in [-0.39, 0.29) is 0 Å². The van der Waals surface area contributed by atoms with Gasteiger partial charge in [-0.2, -0.15) is 0 Å². The Morgan fingerprint density at radius 2 is 1.85 bits per heavy atom. The van der Waals surface area contributed by atoms with E-state index in [4.69, 9.17) is 26.8 Å². The molecule has 1 saturated heterocycles. The van der Waals surface area contributed by atoms with Crippen LogP contribution >= 0.6 is 11.6 Å². The van der Waals surface area contributed by atoms with Gasteiger partial charge in [-0.05, 0) is 47.9 Å². The molecular formula is C20H25ClN2O3. The highest BCUT2D eigenvalue weighted by atomic mass is 35.5. The summed E-state index contributed by atoms with van der Waals surface area (Å²) in [5.41, 5.74) is 8.37. The van der Waals surface area contributed by atoms with Gasteiger partial charge in [0, 0.05) is 18.1 Å². The van der Waals surface area contributed by atoms with Crippen LogP contribution in [-0.4, -0.2) is 49.5 Å². The van der Waals surface area contributed by atoms with Gasteiger partial charge >= 0.3 is 0 Å². The second-order valence-electron chi connectivity index (χ2n) is 6.31. The molecular weight excluding hydrogens is 352 g/mol. The first-order chi connectivity index (χ1) is 12.7. The summed E-state index contributed by atoms with van der Waals surface area (Å²) < 4.78 is 11.0. The summed E-state index contributed by atoms with van der Waals surface area (Å²) in [5, 5.41) is 11.2. The fourth-order valence-corrected chi connectivity index (χ4v) is 3.19.